The van der Waals surface area contributed by atoms with E-state index in [0.29, 0.717) is 26.2 Å². The second kappa shape index (κ2) is 43.4. The molecule has 0 spiro atoms. The van der Waals surface area contributed by atoms with Crippen LogP contribution in [0.3, 0.4) is 0 Å². The van der Waals surface area contributed by atoms with Crippen molar-refractivity contribution in [3.8, 4) is 0 Å². The fraction of sp³-hybridized carbons (Fsp3) is 0.830. The Bertz CT molecular complexity index is 763. The highest BCUT2D eigenvalue weighted by molar-refractivity contribution is 4.93. The Hall–Kier alpha value is -1.28. The Morgan fingerprint density at radius 1 is 0.377 bits per heavy atom. The maximum absolute atomic E-state index is 10.3. The number of aliphatic hydroxyl groups is 2. The topological polar surface area (TPSA) is 99.0 Å². The molecule has 312 valence electrons. The smallest absolute Gasteiger partial charge is 0.0789 e. The van der Waals surface area contributed by atoms with Gasteiger partial charge in [-0.05, 0) is 116 Å². The average Bonchev–Trinajstić information content (AvgIpc) is 3.16. The molecule has 0 bridgehead atoms. The van der Waals surface area contributed by atoms with E-state index in [1.54, 1.807) is 0 Å². The lowest BCUT2D eigenvalue weighted by Crippen LogP contribution is -2.38. The third-order valence-corrected chi connectivity index (χ3v) is 10.3. The van der Waals surface area contributed by atoms with Crippen LogP contribution in [0.2, 0.25) is 0 Å². The van der Waals surface area contributed by atoms with E-state index in [4.69, 9.17) is 11.5 Å². The molecule has 0 aromatic carbocycles. The molecule has 0 aliphatic rings. The van der Waals surface area contributed by atoms with Crippen LogP contribution >= 0.6 is 0 Å². The number of aliphatic hydroxyl groups excluding tert-OH is 2. The largest absolute Gasteiger partial charge is 0.390 e. The van der Waals surface area contributed by atoms with Gasteiger partial charge in [0.2, 0.25) is 0 Å². The van der Waals surface area contributed by atoms with Gasteiger partial charge in [0.05, 0.1) is 12.2 Å². The molecule has 0 saturated carbocycles. The average molecular weight is 745 g/mol. The van der Waals surface area contributed by atoms with Crippen LogP contribution < -0.4 is 11.5 Å². The van der Waals surface area contributed by atoms with Gasteiger partial charge in [-0.15, -0.1) is 0 Å². The van der Waals surface area contributed by atoms with Gasteiger partial charge in [-0.25, -0.2) is 0 Å². The fourth-order valence-electron chi connectivity index (χ4n) is 6.83. The van der Waals surface area contributed by atoms with Crippen LogP contribution in [0.15, 0.2) is 48.6 Å². The molecule has 53 heavy (non-hydrogen) atoms. The van der Waals surface area contributed by atoms with Crippen molar-refractivity contribution in [3.05, 3.63) is 48.6 Å². The minimum Gasteiger partial charge on any atom is -0.390 e. The Kier molecular flexibility index (Phi) is 42.4. The van der Waals surface area contributed by atoms with Crippen LogP contribution in [0.5, 0.6) is 0 Å². The summed E-state index contributed by atoms with van der Waals surface area (Å²) in [7, 11) is 0. The summed E-state index contributed by atoms with van der Waals surface area (Å²) in [6.07, 6.45) is 51.6. The van der Waals surface area contributed by atoms with Gasteiger partial charge < -0.3 is 31.5 Å². The molecular weight excluding hydrogens is 653 g/mol. The molecule has 0 rings (SSSR count). The van der Waals surface area contributed by atoms with Gasteiger partial charge in [-0.3, -0.25) is 0 Å². The zero-order chi connectivity index (χ0) is 38.7. The molecule has 2 atom stereocenters. The molecule has 0 radical (unpaired) electrons. The number of hydrogen-bond acceptors (Lipinski definition) is 6. The predicted molar refractivity (Wildman–Crippen MR) is 236 cm³/mol. The summed E-state index contributed by atoms with van der Waals surface area (Å²) in [6.45, 7) is 10.7. The van der Waals surface area contributed by atoms with Crippen molar-refractivity contribution >= 4 is 0 Å². The first-order valence-electron chi connectivity index (χ1n) is 22.9. The highest BCUT2D eigenvalue weighted by Gasteiger charge is 2.12. The zero-order valence-corrected chi connectivity index (χ0v) is 35.5. The quantitative estimate of drug-likeness (QED) is 0.0367. The Morgan fingerprint density at radius 2 is 0.642 bits per heavy atom. The normalized spacial score (nSPS) is 13.7. The minimum absolute atomic E-state index is 0.327. The lowest BCUT2D eigenvalue weighted by atomic mass is 10.1. The Balaban J connectivity index is 4.10. The maximum Gasteiger partial charge on any atom is 0.0789 e. The van der Waals surface area contributed by atoms with Gasteiger partial charge in [0, 0.05) is 26.2 Å². The van der Waals surface area contributed by atoms with Crippen LogP contribution in [0.1, 0.15) is 187 Å². The maximum atomic E-state index is 10.3. The van der Waals surface area contributed by atoms with E-state index in [-0.39, 0.29) is 0 Å². The van der Waals surface area contributed by atoms with Crippen molar-refractivity contribution in [1.82, 2.24) is 9.80 Å². The first kappa shape index (κ1) is 51.7. The highest BCUT2D eigenvalue weighted by Crippen LogP contribution is 2.12. The van der Waals surface area contributed by atoms with Crippen molar-refractivity contribution in [3.63, 3.8) is 0 Å². The van der Waals surface area contributed by atoms with Gasteiger partial charge >= 0.3 is 0 Å². The van der Waals surface area contributed by atoms with E-state index in [9.17, 15) is 10.2 Å². The zero-order valence-electron chi connectivity index (χ0n) is 35.5. The highest BCUT2D eigenvalue weighted by atomic mass is 16.3. The first-order chi connectivity index (χ1) is 26.1. The lowest BCUT2D eigenvalue weighted by molar-refractivity contribution is 0.111. The van der Waals surface area contributed by atoms with Crippen molar-refractivity contribution < 1.29 is 10.2 Å². The number of allylic oxidation sites excluding steroid dienone is 8. The molecule has 0 aromatic rings. The van der Waals surface area contributed by atoms with Crippen molar-refractivity contribution in [2.45, 2.75) is 199 Å². The van der Waals surface area contributed by atoms with E-state index in [1.165, 1.54) is 141 Å². The summed E-state index contributed by atoms with van der Waals surface area (Å²) in [5, 5.41) is 20.5. The number of nitrogens with two attached hydrogens (primary N) is 2. The van der Waals surface area contributed by atoms with Crippen molar-refractivity contribution in [1.29, 1.82) is 0 Å². The van der Waals surface area contributed by atoms with Gasteiger partial charge in [0.25, 0.3) is 0 Å². The van der Waals surface area contributed by atoms with Crippen LogP contribution in [0.4, 0.5) is 0 Å². The van der Waals surface area contributed by atoms with Crippen LogP contribution in [0, 0.1) is 0 Å². The molecule has 6 N–H and O–H groups in total. The molecule has 0 amide bonds. The number of rotatable bonds is 42. The molecule has 0 aliphatic carbocycles. The second-order valence-electron chi connectivity index (χ2n) is 15.6. The molecule has 0 heterocycles. The first-order valence-corrected chi connectivity index (χ1v) is 22.9. The predicted octanol–water partition coefficient (Wildman–Crippen LogP) is 11.0. The van der Waals surface area contributed by atoms with E-state index in [1.807, 2.05) is 0 Å². The second-order valence-corrected chi connectivity index (χ2v) is 15.6. The molecule has 0 aliphatic heterocycles. The third-order valence-electron chi connectivity index (χ3n) is 10.3. The molecular formula is C47H92N4O2. The summed E-state index contributed by atoms with van der Waals surface area (Å²) in [4.78, 5) is 4.86. The Morgan fingerprint density at radius 3 is 0.943 bits per heavy atom. The molecule has 0 aromatic heterocycles. The molecule has 6 nitrogen and oxygen atoms in total. The summed E-state index contributed by atoms with van der Waals surface area (Å²) in [5.41, 5.74) is 11.5. The molecule has 2 unspecified atom stereocenters. The SMILES string of the molecule is CCCCC/C=C\C/C=C\CCCCCCCCN(CCCCCN(CCCCCCCC/C=C\C/C=C/CCCCC)CC(O)CN)CC(O)CN. The summed E-state index contributed by atoms with van der Waals surface area (Å²) in [5.74, 6) is 0. The van der Waals surface area contributed by atoms with Crippen LogP contribution in [-0.4, -0.2) is 84.6 Å². The summed E-state index contributed by atoms with van der Waals surface area (Å²) in [6, 6.07) is 0. The fourth-order valence-corrected chi connectivity index (χ4v) is 6.83. The van der Waals surface area contributed by atoms with Crippen molar-refractivity contribution in [2.24, 2.45) is 11.5 Å². The van der Waals surface area contributed by atoms with Gasteiger partial charge in [-0.1, -0.05) is 146 Å². The Labute approximate surface area is 331 Å². The van der Waals surface area contributed by atoms with E-state index >= 15 is 0 Å². The van der Waals surface area contributed by atoms with E-state index in [2.05, 4.69) is 72.3 Å². The van der Waals surface area contributed by atoms with Gasteiger partial charge in [-0.2, -0.15) is 0 Å². The monoisotopic (exact) mass is 745 g/mol. The standard InChI is InChI=1S/C47H92N4O2/c1-3-5-7-9-11-13-15-17-19-21-23-25-27-29-31-34-38-50(44-46(52)42-48)40-36-33-37-41-51(45-47(53)43-49)39-35-32-30-28-26-24-22-20-18-16-14-12-10-8-6-4-2/h11-14,17-20,46-47,52-53H,3-10,15-16,21-45,48-49H2,1-2H3/b13-11-,14-12+,19-17-,20-18-. The molecule has 0 saturated heterocycles. The minimum atomic E-state index is -0.443. The third kappa shape index (κ3) is 40.2. The van der Waals surface area contributed by atoms with Crippen LogP contribution in [-0.2, 0) is 0 Å². The lowest BCUT2D eigenvalue weighted by Gasteiger charge is -2.26. The van der Waals surface area contributed by atoms with Gasteiger partial charge in [0.1, 0.15) is 0 Å². The van der Waals surface area contributed by atoms with Crippen molar-refractivity contribution in [2.75, 3.05) is 52.4 Å². The summed E-state index contributed by atoms with van der Waals surface area (Å²) < 4.78 is 0. The molecule has 6 heteroatoms. The number of unbranched alkanes of at least 4 members (excludes halogenated alkanes) is 20. The van der Waals surface area contributed by atoms with E-state index in [0.717, 1.165) is 58.3 Å². The summed E-state index contributed by atoms with van der Waals surface area (Å²) >= 11 is 0. The van der Waals surface area contributed by atoms with Crippen LogP contribution in [0.25, 0.3) is 0 Å². The number of nitrogens with zero attached hydrogens (tertiary/aromatic N) is 2. The van der Waals surface area contributed by atoms with E-state index < -0.39 is 12.2 Å². The number of hydrogen-bond donors (Lipinski definition) is 4. The van der Waals surface area contributed by atoms with Gasteiger partial charge in [0.15, 0.2) is 0 Å². The molecule has 0 fully saturated rings.